The third-order valence-corrected chi connectivity index (χ3v) is 5.67. The predicted octanol–water partition coefficient (Wildman–Crippen LogP) is 2.32. The fraction of sp³-hybridized carbons (Fsp3) is 0.500. The summed E-state index contributed by atoms with van der Waals surface area (Å²) in [5.41, 5.74) is 1.06. The van der Waals surface area contributed by atoms with Crippen molar-refractivity contribution in [2.75, 3.05) is 36.9 Å². The SMILES string of the molecule is CNc1ccnc(N2CCCC3(CCC(=O)N(Cc4ccccn4)C3)C2)n1. The standard InChI is InChI=1S/C20H26N6O/c1-21-17-7-11-23-19(24-17)25-12-4-8-20(14-25)9-6-18(27)26(15-20)13-16-5-2-3-10-22-16/h2-3,5,7,10-11H,4,6,8-9,12-15H2,1H3,(H,21,23,24). The minimum absolute atomic E-state index is 0.111. The van der Waals surface area contributed by atoms with Gasteiger partial charge >= 0.3 is 0 Å². The molecule has 1 N–H and O–H groups in total. The highest BCUT2D eigenvalue weighted by molar-refractivity contribution is 5.77. The summed E-state index contributed by atoms with van der Waals surface area (Å²) in [5, 5.41) is 3.08. The number of aromatic nitrogens is 3. The van der Waals surface area contributed by atoms with Gasteiger partial charge in [0, 0.05) is 50.9 Å². The van der Waals surface area contributed by atoms with Gasteiger partial charge in [-0.25, -0.2) is 4.98 Å². The maximum atomic E-state index is 12.5. The zero-order chi connectivity index (χ0) is 18.7. The summed E-state index contributed by atoms with van der Waals surface area (Å²) in [6, 6.07) is 7.73. The molecule has 1 atom stereocenters. The van der Waals surface area contributed by atoms with Crippen LogP contribution < -0.4 is 10.2 Å². The molecule has 4 rings (SSSR count). The van der Waals surface area contributed by atoms with Gasteiger partial charge in [0.25, 0.3) is 0 Å². The molecule has 2 aliphatic rings. The van der Waals surface area contributed by atoms with Crippen molar-refractivity contribution < 1.29 is 4.79 Å². The van der Waals surface area contributed by atoms with Crippen LogP contribution in [0.1, 0.15) is 31.4 Å². The molecule has 7 heteroatoms. The second-order valence-corrected chi connectivity index (χ2v) is 7.59. The second-order valence-electron chi connectivity index (χ2n) is 7.59. The molecule has 2 aromatic heterocycles. The fourth-order valence-electron chi connectivity index (χ4n) is 4.29. The first kappa shape index (κ1) is 17.7. The lowest BCUT2D eigenvalue weighted by Crippen LogP contribution is -2.54. The van der Waals surface area contributed by atoms with Crippen molar-refractivity contribution in [1.82, 2.24) is 19.9 Å². The number of likely N-dealkylation sites (tertiary alicyclic amines) is 1. The molecule has 2 saturated heterocycles. The molecule has 0 bridgehead atoms. The maximum Gasteiger partial charge on any atom is 0.227 e. The Hall–Kier alpha value is -2.70. The third kappa shape index (κ3) is 3.86. The Morgan fingerprint density at radius 3 is 2.89 bits per heavy atom. The second kappa shape index (κ2) is 7.50. The molecule has 0 aromatic carbocycles. The minimum Gasteiger partial charge on any atom is -0.373 e. The van der Waals surface area contributed by atoms with Crippen LogP contribution in [0.3, 0.4) is 0 Å². The van der Waals surface area contributed by atoms with Gasteiger partial charge in [0.2, 0.25) is 11.9 Å². The van der Waals surface area contributed by atoms with Crippen LogP contribution in [0.15, 0.2) is 36.7 Å². The molecule has 0 saturated carbocycles. The molecule has 0 aliphatic carbocycles. The molecule has 142 valence electrons. The number of amides is 1. The van der Waals surface area contributed by atoms with E-state index in [1.165, 1.54) is 0 Å². The average molecular weight is 366 g/mol. The molecule has 2 fully saturated rings. The van der Waals surface area contributed by atoms with E-state index >= 15 is 0 Å². The van der Waals surface area contributed by atoms with Gasteiger partial charge in [-0.05, 0) is 37.5 Å². The molecule has 1 spiro atoms. The van der Waals surface area contributed by atoms with Gasteiger partial charge in [-0.2, -0.15) is 4.98 Å². The highest BCUT2D eigenvalue weighted by atomic mass is 16.2. The van der Waals surface area contributed by atoms with E-state index in [4.69, 9.17) is 0 Å². The highest BCUT2D eigenvalue weighted by Gasteiger charge is 2.42. The minimum atomic E-state index is 0.111. The van der Waals surface area contributed by atoms with E-state index in [1.807, 2.05) is 36.2 Å². The van der Waals surface area contributed by atoms with Crippen molar-refractivity contribution in [1.29, 1.82) is 0 Å². The van der Waals surface area contributed by atoms with Crippen LogP contribution in [0.25, 0.3) is 0 Å². The Kier molecular flexibility index (Phi) is 4.92. The van der Waals surface area contributed by atoms with E-state index < -0.39 is 0 Å². The van der Waals surface area contributed by atoms with E-state index in [1.54, 1.807) is 12.4 Å². The fourth-order valence-corrected chi connectivity index (χ4v) is 4.29. The van der Waals surface area contributed by atoms with Crippen LogP contribution >= 0.6 is 0 Å². The Bertz CT molecular complexity index is 798. The zero-order valence-electron chi connectivity index (χ0n) is 15.8. The summed E-state index contributed by atoms with van der Waals surface area (Å²) < 4.78 is 0. The summed E-state index contributed by atoms with van der Waals surface area (Å²) >= 11 is 0. The molecule has 1 unspecified atom stereocenters. The lowest BCUT2D eigenvalue weighted by molar-refractivity contribution is -0.138. The van der Waals surface area contributed by atoms with Gasteiger partial charge in [-0.3, -0.25) is 9.78 Å². The largest absolute Gasteiger partial charge is 0.373 e. The lowest BCUT2D eigenvalue weighted by atomic mass is 9.73. The number of nitrogens with one attached hydrogen (secondary N) is 1. The molecular formula is C20H26N6O. The topological polar surface area (TPSA) is 74.2 Å². The van der Waals surface area contributed by atoms with Gasteiger partial charge in [0.1, 0.15) is 5.82 Å². The zero-order valence-corrected chi connectivity index (χ0v) is 15.8. The van der Waals surface area contributed by atoms with Crippen molar-refractivity contribution in [3.05, 3.63) is 42.4 Å². The lowest BCUT2D eigenvalue weighted by Gasteiger charge is -2.48. The van der Waals surface area contributed by atoms with E-state index in [-0.39, 0.29) is 11.3 Å². The Labute approximate surface area is 159 Å². The van der Waals surface area contributed by atoms with Crippen molar-refractivity contribution in [3.63, 3.8) is 0 Å². The van der Waals surface area contributed by atoms with Crippen molar-refractivity contribution in [2.45, 2.75) is 32.2 Å². The number of carbonyl (C=O) groups excluding carboxylic acids is 1. The summed E-state index contributed by atoms with van der Waals surface area (Å²) in [6.07, 6.45) is 7.37. The molecule has 2 aliphatic heterocycles. The third-order valence-electron chi connectivity index (χ3n) is 5.67. The number of nitrogens with zero attached hydrogens (tertiary/aromatic N) is 5. The van der Waals surface area contributed by atoms with Crippen LogP contribution in [0, 0.1) is 5.41 Å². The van der Waals surface area contributed by atoms with Gasteiger partial charge in [-0.15, -0.1) is 0 Å². The van der Waals surface area contributed by atoms with Crippen LogP contribution in [-0.4, -0.2) is 52.4 Å². The van der Waals surface area contributed by atoms with E-state index in [0.717, 1.165) is 56.4 Å². The summed E-state index contributed by atoms with van der Waals surface area (Å²) in [7, 11) is 1.87. The van der Waals surface area contributed by atoms with Gasteiger partial charge in [0.15, 0.2) is 0 Å². The molecule has 0 radical (unpaired) electrons. The van der Waals surface area contributed by atoms with Crippen molar-refractivity contribution in [2.24, 2.45) is 5.41 Å². The van der Waals surface area contributed by atoms with Gasteiger partial charge in [0.05, 0.1) is 12.2 Å². The Balaban J connectivity index is 1.50. The number of piperidine rings is 2. The Morgan fingerprint density at radius 1 is 1.15 bits per heavy atom. The summed E-state index contributed by atoms with van der Waals surface area (Å²) in [4.78, 5) is 30.2. The molecule has 27 heavy (non-hydrogen) atoms. The molecular weight excluding hydrogens is 340 g/mol. The van der Waals surface area contributed by atoms with Crippen LogP contribution in [-0.2, 0) is 11.3 Å². The molecule has 2 aromatic rings. The Morgan fingerprint density at radius 2 is 2.07 bits per heavy atom. The summed E-state index contributed by atoms with van der Waals surface area (Å²) in [5.74, 6) is 1.83. The summed E-state index contributed by atoms with van der Waals surface area (Å²) in [6.45, 7) is 3.23. The normalized spacial score (nSPS) is 22.9. The first-order chi connectivity index (χ1) is 13.2. The van der Waals surface area contributed by atoms with E-state index in [0.29, 0.717) is 13.0 Å². The van der Waals surface area contributed by atoms with E-state index in [2.05, 4.69) is 25.2 Å². The van der Waals surface area contributed by atoms with Crippen molar-refractivity contribution >= 4 is 17.7 Å². The molecule has 7 nitrogen and oxygen atoms in total. The number of hydrogen-bond acceptors (Lipinski definition) is 6. The van der Waals surface area contributed by atoms with Crippen LogP contribution in [0.4, 0.5) is 11.8 Å². The maximum absolute atomic E-state index is 12.5. The molecule has 4 heterocycles. The first-order valence-corrected chi connectivity index (χ1v) is 9.61. The highest BCUT2D eigenvalue weighted by Crippen LogP contribution is 2.40. The first-order valence-electron chi connectivity index (χ1n) is 9.61. The number of hydrogen-bond donors (Lipinski definition) is 1. The average Bonchev–Trinajstić information content (AvgIpc) is 2.72. The predicted molar refractivity (Wildman–Crippen MR) is 104 cm³/mol. The monoisotopic (exact) mass is 366 g/mol. The number of anilines is 2. The smallest absolute Gasteiger partial charge is 0.227 e. The van der Waals surface area contributed by atoms with E-state index in [9.17, 15) is 4.79 Å². The van der Waals surface area contributed by atoms with Crippen LogP contribution in [0.2, 0.25) is 0 Å². The van der Waals surface area contributed by atoms with Gasteiger partial charge in [-0.1, -0.05) is 6.07 Å². The number of pyridine rings is 1. The molecule has 1 amide bonds. The number of rotatable bonds is 4. The number of carbonyl (C=O) groups is 1. The van der Waals surface area contributed by atoms with Crippen LogP contribution in [0.5, 0.6) is 0 Å². The quantitative estimate of drug-likeness (QED) is 0.895. The van der Waals surface area contributed by atoms with Crippen molar-refractivity contribution in [3.8, 4) is 0 Å². The van der Waals surface area contributed by atoms with Gasteiger partial charge < -0.3 is 15.1 Å².